The van der Waals surface area contributed by atoms with Crippen molar-refractivity contribution < 1.29 is 32.5 Å². The summed E-state index contributed by atoms with van der Waals surface area (Å²) < 4.78 is 46.8. The monoisotopic (exact) mass is 566 g/mol. The third kappa shape index (κ3) is 6.92. The molecule has 0 unspecified atom stereocenters. The number of hydrogen-bond donors (Lipinski definition) is 0. The molecule has 0 fully saturated rings. The molecule has 5 nitrogen and oxygen atoms in total. The van der Waals surface area contributed by atoms with Crippen molar-refractivity contribution in [2.24, 2.45) is 0 Å². The van der Waals surface area contributed by atoms with Gasteiger partial charge in [-0.3, -0.25) is 4.79 Å². The number of alkyl halides is 2. The van der Waals surface area contributed by atoms with E-state index >= 15 is 0 Å². The molecule has 0 aliphatic carbocycles. The first-order chi connectivity index (χ1) is 15.9. The van der Waals surface area contributed by atoms with Crippen LogP contribution >= 0.6 is 22.6 Å². The number of ether oxygens (including phenoxy) is 4. The van der Waals surface area contributed by atoms with Crippen LogP contribution in [0, 0.1) is 3.57 Å². The summed E-state index contributed by atoms with van der Waals surface area (Å²) in [5.74, 6) is 1.00. The highest BCUT2D eigenvalue weighted by molar-refractivity contribution is 14.1. The molecule has 3 aromatic rings. The van der Waals surface area contributed by atoms with E-state index < -0.39 is 6.61 Å². The maximum absolute atomic E-state index is 12.6. The van der Waals surface area contributed by atoms with Gasteiger partial charge < -0.3 is 18.9 Å². The Morgan fingerprint density at radius 1 is 0.939 bits per heavy atom. The van der Waals surface area contributed by atoms with Crippen LogP contribution in [0.3, 0.4) is 0 Å². The highest BCUT2D eigenvalue weighted by atomic mass is 127. The minimum absolute atomic E-state index is 0.0500. The number of benzene rings is 3. The molecule has 0 N–H and O–H groups in total. The van der Waals surface area contributed by atoms with Gasteiger partial charge in [0.05, 0.1) is 14.2 Å². The largest absolute Gasteiger partial charge is 0.496 e. The smallest absolute Gasteiger partial charge is 0.387 e. The second-order valence-corrected chi connectivity index (χ2v) is 8.00. The summed E-state index contributed by atoms with van der Waals surface area (Å²) in [4.78, 5) is 12.6. The molecule has 8 heteroatoms. The van der Waals surface area contributed by atoms with Gasteiger partial charge in [0.15, 0.2) is 17.3 Å². The maximum atomic E-state index is 12.6. The lowest BCUT2D eigenvalue weighted by Crippen LogP contribution is -2.04. The molecule has 0 saturated carbocycles. The van der Waals surface area contributed by atoms with Crippen LogP contribution in [-0.4, -0.2) is 26.6 Å². The van der Waals surface area contributed by atoms with Crippen LogP contribution < -0.4 is 18.9 Å². The van der Waals surface area contributed by atoms with Crippen molar-refractivity contribution in [2.75, 3.05) is 14.2 Å². The molecule has 0 aromatic heterocycles. The van der Waals surface area contributed by atoms with Crippen molar-refractivity contribution in [2.45, 2.75) is 13.2 Å². The summed E-state index contributed by atoms with van der Waals surface area (Å²) in [5.41, 5.74) is 1.87. The van der Waals surface area contributed by atoms with Crippen LogP contribution in [0.1, 0.15) is 21.5 Å². The zero-order valence-electron chi connectivity index (χ0n) is 17.9. The first kappa shape index (κ1) is 24.5. The average molecular weight is 566 g/mol. The third-order valence-electron chi connectivity index (χ3n) is 4.60. The van der Waals surface area contributed by atoms with Crippen molar-refractivity contribution in [3.05, 3.63) is 87.0 Å². The fourth-order valence-electron chi connectivity index (χ4n) is 2.99. The fraction of sp³-hybridized carbons (Fsp3) is 0.160. The van der Waals surface area contributed by atoms with Gasteiger partial charge in [0.1, 0.15) is 18.1 Å². The Morgan fingerprint density at radius 2 is 1.64 bits per heavy atom. The van der Waals surface area contributed by atoms with Crippen LogP contribution in [-0.2, 0) is 6.61 Å². The molecule has 0 atom stereocenters. The standard InChI is InChI=1S/C25H21F2IO5/c1-30-22-11-4-16(13-18(22)15-32-20-8-6-19(28)7-9-20)3-10-21(29)17-5-12-23(33-25(26)27)24(14-17)31-2/h3-14,25H,15H2,1-2H3/b10-3+. The van der Waals surface area contributed by atoms with E-state index in [1.807, 2.05) is 36.4 Å². The minimum atomic E-state index is -2.99. The molecule has 3 rings (SSSR count). The van der Waals surface area contributed by atoms with E-state index in [1.54, 1.807) is 19.3 Å². The number of methoxy groups -OCH3 is 2. The predicted molar refractivity (Wildman–Crippen MR) is 129 cm³/mol. The molecular formula is C25H21F2IO5. The molecule has 172 valence electrons. The van der Waals surface area contributed by atoms with E-state index in [9.17, 15) is 13.6 Å². The maximum Gasteiger partial charge on any atom is 0.387 e. The van der Waals surface area contributed by atoms with Gasteiger partial charge in [0.25, 0.3) is 0 Å². The van der Waals surface area contributed by atoms with E-state index in [0.29, 0.717) is 12.4 Å². The molecule has 0 radical (unpaired) electrons. The Kier molecular flexibility index (Phi) is 8.65. The normalized spacial score (nSPS) is 11.0. The van der Waals surface area contributed by atoms with Crippen molar-refractivity contribution in [3.8, 4) is 23.0 Å². The lowest BCUT2D eigenvalue weighted by atomic mass is 10.1. The van der Waals surface area contributed by atoms with Crippen molar-refractivity contribution in [1.29, 1.82) is 0 Å². The molecule has 0 saturated heterocycles. The van der Waals surface area contributed by atoms with Crippen molar-refractivity contribution >= 4 is 34.5 Å². The zero-order valence-corrected chi connectivity index (χ0v) is 20.0. The summed E-state index contributed by atoms with van der Waals surface area (Å²) in [6, 6.07) is 17.2. The topological polar surface area (TPSA) is 54.0 Å². The van der Waals surface area contributed by atoms with Crippen molar-refractivity contribution in [1.82, 2.24) is 0 Å². The predicted octanol–water partition coefficient (Wildman–Crippen LogP) is 6.38. The minimum Gasteiger partial charge on any atom is -0.496 e. The number of halogens is 3. The van der Waals surface area contributed by atoms with Crippen LogP contribution in [0.5, 0.6) is 23.0 Å². The van der Waals surface area contributed by atoms with Crippen LogP contribution in [0.2, 0.25) is 0 Å². The Bertz CT molecular complexity index is 1130. The highest BCUT2D eigenvalue weighted by Crippen LogP contribution is 2.30. The highest BCUT2D eigenvalue weighted by Gasteiger charge is 2.13. The van der Waals surface area contributed by atoms with Gasteiger partial charge in [-0.25, -0.2) is 0 Å². The molecule has 0 amide bonds. The SMILES string of the molecule is COc1ccc(/C=C/C(=O)c2ccc(OC(F)F)c(OC)c2)cc1COc1ccc(I)cc1. The molecular weight excluding hydrogens is 545 g/mol. The number of rotatable bonds is 10. The van der Waals surface area contributed by atoms with Gasteiger partial charge in [-0.2, -0.15) is 8.78 Å². The lowest BCUT2D eigenvalue weighted by Gasteiger charge is -2.11. The summed E-state index contributed by atoms with van der Waals surface area (Å²) in [6.45, 7) is -2.69. The summed E-state index contributed by atoms with van der Waals surface area (Å²) >= 11 is 2.23. The zero-order chi connectivity index (χ0) is 23.8. The molecule has 0 heterocycles. The molecule has 0 aliphatic heterocycles. The molecule has 33 heavy (non-hydrogen) atoms. The average Bonchev–Trinajstić information content (AvgIpc) is 2.82. The third-order valence-corrected chi connectivity index (χ3v) is 5.32. The summed E-state index contributed by atoms with van der Waals surface area (Å²) in [5, 5.41) is 0. The Balaban J connectivity index is 1.74. The van der Waals surface area contributed by atoms with E-state index in [0.717, 1.165) is 20.4 Å². The lowest BCUT2D eigenvalue weighted by molar-refractivity contribution is -0.0512. The fourth-order valence-corrected chi connectivity index (χ4v) is 3.35. The van der Waals surface area contributed by atoms with Crippen LogP contribution in [0.15, 0.2) is 66.7 Å². The number of ketones is 1. The van der Waals surface area contributed by atoms with Gasteiger partial charge in [-0.1, -0.05) is 12.1 Å². The Morgan fingerprint density at radius 3 is 2.30 bits per heavy atom. The Labute approximate surface area is 204 Å². The number of hydrogen-bond acceptors (Lipinski definition) is 5. The van der Waals surface area contributed by atoms with E-state index in [4.69, 9.17) is 14.2 Å². The first-order valence-corrected chi connectivity index (χ1v) is 10.9. The number of carbonyl (C=O) groups excluding carboxylic acids is 1. The van der Waals surface area contributed by atoms with Gasteiger partial charge in [0.2, 0.25) is 0 Å². The summed E-state index contributed by atoms with van der Waals surface area (Å²) in [7, 11) is 2.90. The number of carbonyl (C=O) groups is 1. The first-order valence-electron chi connectivity index (χ1n) is 9.80. The van der Waals surface area contributed by atoms with Crippen LogP contribution in [0.4, 0.5) is 8.78 Å². The molecule has 0 aliphatic rings. The molecule has 0 spiro atoms. The molecule has 3 aromatic carbocycles. The van der Waals surface area contributed by atoms with Gasteiger partial charge >= 0.3 is 6.61 Å². The van der Waals surface area contributed by atoms with E-state index in [2.05, 4.69) is 27.3 Å². The van der Waals surface area contributed by atoms with Crippen LogP contribution in [0.25, 0.3) is 6.08 Å². The van der Waals surface area contributed by atoms with Gasteiger partial charge in [-0.05, 0) is 88.8 Å². The molecule has 0 bridgehead atoms. The van der Waals surface area contributed by atoms with Gasteiger partial charge in [-0.15, -0.1) is 0 Å². The second kappa shape index (κ2) is 11.6. The van der Waals surface area contributed by atoms with E-state index in [-0.39, 0.29) is 22.8 Å². The van der Waals surface area contributed by atoms with Crippen molar-refractivity contribution in [3.63, 3.8) is 0 Å². The number of allylic oxidation sites excluding steroid dienone is 1. The van der Waals surface area contributed by atoms with Gasteiger partial charge in [0, 0.05) is 14.7 Å². The quantitative estimate of drug-likeness (QED) is 0.162. The second-order valence-electron chi connectivity index (χ2n) is 6.76. The Hall–Kier alpha value is -3.14. The van der Waals surface area contributed by atoms with E-state index in [1.165, 1.54) is 31.4 Å². The summed E-state index contributed by atoms with van der Waals surface area (Å²) in [6.07, 6.45) is 3.06.